The first kappa shape index (κ1) is 18.8. The van der Waals surface area contributed by atoms with Crippen molar-refractivity contribution in [3.63, 3.8) is 0 Å². The van der Waals surface area contributed by atoms with E-state index in [0.29, 0.717) is 19.8 Å². The predicted octanol–water partition coefficient (Wildman–Crippen LogP) is 4.45. The highest BCUT2D eigenvalue weighted by atomic mass is 79.9. The van der Waals surface area contributed by atoms with Crippen molar-refractivity contribution in [1.82, 2.24) is 0 Å². The third kappa shape index (κ3) is 11.3. The maximum absolute atomic E-state index is 5.83. The van der Waals surface area contributed by atoms with Crippen LogP contribution in [-0.2, 0) is 25.4 Å². The fourth-order valence-corrected chi connectivity index (χ4v) is 3.51. The molecule has 0 saturated heterocycles. The number of hydrogen-bond acceptors (Lipinski definition) is 4. The molecule has 0 aliphatic rings. The second-order valence-electron chi connectivity index (χ2n) is 3.68. The van der Waals surface area contributed by atoms with Crippen molar-refractivity contribution in [3.05, 3.63) is 0 Å². The van der Waals surface area contributed by atoms with Crippen LogP contribution in [0, 0.1) is 0 Å². The van der Waals surface area contributed by atoms with Crippen LogP contribution in [0.2, 0.25) is 0 Å². The summed E-state index contributed by atoms with van der Waals surface area (Å²) in [5.74, 6) is 0. The van der Waals surface area contributed by atoms with E-state index in [4.69, 9.17) is 37.0 Å². The Morgan fingerprint density at radius 2 is 1.35 bits per heavy atom. The highest BCUT2D eigenvalue weighted by molar-refractivity contribution is 9.09. The minimum Gasteiger partial charge on any atom is -0.308 e. The van der Waals surface area contributed by atoms with E-state index >= 15 is 0 Å². The maximum atomic E-state index is 5.83. The second-order valence-corrected chi connectivity index (χ2v) is 10.6. The van der Waals surface area contributed by atoms with Gasteiger partial charge in [-0.2, -0.15) is 0 Å². The van der Waals surface area contributed by atoms with Gasteiger partial charge in [-0.05, 0) is 18.7 Å². The molecular formula is C9H18Br2ClO3PS. The molecule has 8 heteroatoms. The molecule has 0 rings (SSSR count). The van der Waals surface area contributed by atoms with Gasteiger partial charge in [-0.1, -0.05) is 45.7 Å². The molecule has 0 aromatic rings. The summed E-state index contributed by atoms with van der Waals surface area (Å²) in [6.07, 6.45) is 0. The van der Waals surface area contributed by atoms with Crippen molar-refractivity contribution in [2.24, 2.45) is 0 Å². The van der Waals surface area contributed by atoms with E-state index < -0.39 is 6.72 Å². The number of alkyl halides is 3. The van der Waals surface area contributed by atoms with Gasteiger partial charge in [0.1, 0.15) is 0 Å². The monoisotopic (exact) mass is 430 g/mol. The van der Waals surface area contributed by atoms with Crippen LogP contribution in [0.4, 0.5) is 0 Å². The summed E-state index contributed by atoms with van der Waals surface area (Å²) in [6.45, 7) is 4.30. The van der Waals surface area contributed by atoms with Gasteiger partial charge < -0.3 is 13.6 Å². The van der Waals surface area contributed by atoms with Crippen LogP contribution in [-0.4, -0.2) is 34.9 Å². The molecule has 3 nitrogen and oxygen atoms in total. The first-order chi connectivity index (χ1) is 7.75. The average Bonchev–Trinajstić information content (AvgIpc) is 2.21. The Balaban J connectivity index is 4.29. The number of hydrogen-bond donors (Lipinski definition) is 0. The summed E-state index contributed by atoms with van der Waals surface area (Å²) in [7, 11) is 0. The molecular weight excluding hydrogens is 414 g/mol. The fourth-order valence-electron chi connectivity index (χ4n) is 0.694. The van der Waals surface area contributed by atoms with Crippen LogP contribution in [0.25, 0.3) is 0 Å². The van der Waals surface area contributed by atoms with Gasteiger partial charge in [0.05, 0.1) is 25.2 Å². The predicted molar refractivity (Wildman–Crippen MR) is 84.2 cm³/mol. The fraction of sp³-hybridized carbons (Fsp3) is 1.00. The molecule has 0 fully saturated rings. The van der Waals surface area contributed by atoms with Crippen molar-refractivity contribution in [2.45, 2.75) is 35.8 Å². The molecule has 0 aliphatic heterocycles. The van der Waals surface area contributed by atoms with E-state index in [2.05, 4.69) is 31.9 Å². The van der Waals surface area contributed by atoms with Crippen molar-refractivity contribution in [1.29, 1.82) is 0 Å². The van der Waals surface area contributed by atoms with E-state index in [1.807, 2.05) is 20.8 Å². The van der Waals surface area contributed by atoms with E-state index in [9.17, 15) is 0 Å². The molecule has 0 aliphatic carbocycles. The van der Waals surface area contributed by atoms with Crippen LogP contribution < -0.4 is 0 Å². The van der Waals surface area contributed by atoms with Crippen molar-refractivity contribution >= 4 is 62.0 Å². The van der Waals surface area contributed by atoms with E-state index in [-0.39, 0.29) is 15.0 Å². The van der Waals surface area contributed by atoms with Crippen molar-refractivity contribution in [3.8, 4) is 0 Å². The minimum atomic E-state index is -2.69. The lowest BCUT2D eigenvalue weighted by Crippen LogP contribution is -2.12. The third-order valence-corrected chi connectivity index (χ3v) is 4.39. The zero-order chi connectivity index (χ0) is 13.5. The average molecular weight is 433 g/mol. The van der Waals surface area contributed by atoms with Crippen molar-refractivity contribution in [2.75, 3.05) is 19.8 Å². The molecule has 0 amide bonds. The van der Waals surface area contributed by atoms with Gasteiger partial charge in [0.15, 0.2) is 0 Å². The quantitative estimate of drug-likeness (QED) is 0.397. The highest BCUT2D eigenvalue weighted by Gasteiger charge is 2.23. The minimum absolute atomic E-state index is 0.118. The van der Waals surface area contributed by atoms with Crippen LogP contribution >= 0.6 is 50.2 Å². The van der Waals surface area contributed by atoms with Gasteiger partial charge in [-0.3, -0.25) is 0 Å². The summed E-state index contributed by atoms with van der Waals surface area (Å²) < 4.78 is 16.6. The topological polar surface area (TPSA) is 27.7 Å². The number of rotatable bonds is 9. The van der Waals surface area contributed by atoms with Gasteiger partial charge in [-0.25, -0.2) is 0 Å². The molecule has 3 atom stereocenters. The Kier molecular flexibility index (Phi) is 10.7. The lowest BCUT2D eigenvalue weighted by molar-refractivity contribution is 0.161. The zero-order valence-corrected chi connectivity index (χ0v) is 15.7. The Hall–Kier alpha value is 1.78. The SMILES string of the molecule is CC(Cl)COP(=S)(OCC(C)Br)OCC(C)Br. The Bertz CT molecular complexity index is 216. The van der Waals surface area contributed by atoms with Crippen LogP contribution in [0.1, 0.15) is 20.8 Å². The standard InChI is InChI=1S/C9H18Br2ClO3PS/c1-7(10)4-13-16(17,14-5-8(2)11)15-6-9(3)12/h7-9H,4-6H2,1-3H3. The van der Waals surface area contributed by atoms with Crippen LogP contribution in [0.3, 0.4) is 0 Å². The summed E-state index contributed by atoms with van der Waals surface area (Å²) in [4.78, 5) is 0.402. The highest BCUT2D eigenvalue weighted by Crippen LogP contribution is 2.50. The molecule has 0 N–H and O–H groups in total. The molecule has 17 heavy (non-hydrogen) atoms. The Morgan fingerprint density at radius 3 is 1.65 bits per heavy atom. The summed E-state index contributed by atoms with van der Waals surface area (Å²) in [5.41, 5.74) is 0. The lowest BCUT2D eigenvalue weighted by atomic mass is 10.5. The zero-order valence-electron chi connectivity index (χ0n) is 10.1. The molecule has 0 bridgehead atoms. The molecule has 0 aromatic carbocycles. The smallest absolute Gasteiger partial charge is 0.308 e. The molecule has 0 radical (unpaired) electrons. The normalized spacial score (nSPS) is 20.6. The maximum Gasteiger partial charge on any atom is 0.327 e. The van der Waals surface area contributed by atoms with Gasteiger partial charge in [0, 0.05) is 9.65 Å². The Labute approximate surface area is 130 Å². The summed E-state index contributed by atoms with van der Waals surface area (Å²) >= 11 is 17.9. The largest absolute Gasteiger partial charge is 0.327 e. The van der Waals surface area contributed by atoms with Gasteiger partial charge in [-0.15, -0.1) is 11.6 Å². The molecule has 3 unspecified atom stereocenters. The Morgan fingerprint density at radius 1 is 1.00 bits per heavy atom. The van der Waals surface area contributed by atoms with Gasteiger partial charge in [0.2, 0.25) is 0 Å². The first-order valence-corrected chi connectivity index (χ1v) is 10.0. The van der Waals surface area contributed by atoms with Gasteiger partial charge >= 0.3 is 6.72 Å². The summed E-state index contributed by atoms with van der Waals surface area (Å²) in [6, 6.07) is 0. The molecule has 0 aromatic heterocycles. The molecule has 104 valence electrons. The molecule has 0 saturated carbocycles. The van der Waals surface area contributed by atoms with E-state index in [1.54, 1.807) is 0 Å². The van der Waals surface area contributed by atoms with Crippen molar-refractivity contribution < 1.29 is 13.6 Å². The molecule has 0 spiro atoms. The van der Waals surface area contributed by atoms with Gasteiger partial charge in [0.25, 0.3) is 0 Å². The van der Waals surface area contributed by atoms with Crippen LogP contribution in [0.15, 0.2) is 0 Å². The molecule has 0 heterocycles. The summed E-state index contributed by atoms with van der Waals surface area (Å²) in [5, 5.41) is -0.118. The number of halogens is 3. The second kappa shape index (κ2) is 9.65. The third-order valence-electron chi connectivity index (χ3n) is 1.39. The van der Waals surface area contributed by atoms with E-state index in [1.165, 1.54) is 0 Å². The first-order valence-electron chi connectivity index (χ1n) is 5.21. The lowest BCUT2D eigenvalue weighted by Gasteiger charge is -2.23. The van der Waals surface area contributed by atoms with E-state index in [0.717, 1.165) is 0 Å². The van der Waals surface area contributed by atoms with Crippen LogP contribution in [0.5, 0.6) is 0 Å².